The Hall–Kier alpha value is -4.15. The van der Waals surface area contributed by atoms with Crippen LogP contribution >= 0.6 is 0 Å². The molecule has 4 aromatic rings. The van der Waals surface area contributed by atoms with E-state index in [0.717, 1.165) is 6.20 Å². The van der Waals surface area contributed by atoms with Crippen molar-refractivity contribution in [3.63, 3.8) is 0 Å². The van der Waals surface area contributed by atoms with Gasteiger partial charge in [0, 0.05) is 11.8 Å². The summed E-state index contributed by atoms with van der Waals surface area (Å²) >= 11 is 0. The zero-order chi connectivity index (χ0) is 19.8. The lowest BCUT2D eigenvalue weighted by Gasteiger charge is -2.02. The van der Waals surface area contributed by atoms with E-state index in [1.54, 1.807) is 0 Å². The molecule has 140 valence electrons. The van der Waals surface area contributed by atoms with Crippen LogP contribution in [0.15, 0.2) is 41.3 Å². The van der Waals surface area contributed by atoms with Gasteiger partial charge >= 0.3 is 0 Å². The molecule has 0 fully saturated rings. The Morgan fingerprint density at radius 3 is 2.75 bits per heavy atom. The second kappa shape index (κ2) is 6.54. The number of amides is 2. The Labute approximate surface area is 155 Å². The monoisotopic (exact) mass is 381 g/mol. The highest BCUT2D eigenvalue weighted by Gasteiger charge is 2.14. The number of fused-ring (bicyclic) bond motifs is 2. The topological polar surface area (TPSA) is 148 Å². The van der Waals surface area contributed by atoms with E-state index in [2.05, 4.69) is 25.4 Å². The summed E-state index contributed by atoms with van der Waals surface area (Å²) in [6, 6.07) is 6.77. The largest absolute Gasteiger partial charge is 0.364 e. The molecule has 0 unspecified atom stereocenters. The van der Waals surface area contributed by atoms with Crippen LogP contribution < -0.4 is 16.6 Å². The van der Waals surface area contributed by atoms with E-state index in [4.69, 9.17) is 5.73 Å². The number of nitrogens with zero attached hydrogens (tertiary/aromatic N) is 4. The van der Waals surface area contributed by atoms with Gasteiger partial charge < -0.3 is 11.1 Å². The van der Waals surface area contributed by atoms with Crippen LogP contribution in [0.3, 0.4) is 0 Å². The van der Waals surface area contributed by atoms with Gasteiger partial charge in [-0.3, -0.25) is 19.5 Å². The van der Waals surface area contributed by atoms with Crippen LogP contribution in [0.1, 0.15) is 16.2 Å². The van der Waals surface area contributed by atoms with Crippen molar-refractivity contribution in [2.75, 3.05) is 5.32 Å². The molecule has 0 saturated carbocycles. The van der Waals surface area contributed by atoms with Crippen LogP contribution in [0, 0.1) is 5.82 Å². The molecule has 10 nitrogen and oxygen atoms in total. The second-order valence-corrected chi connectivity index (χ2v) is 5.91. The maximum Gasteiger partial charge on any atom is 0.282 e. The lowest BCUT2D eigenvalue weighted by molar-refractivity contribution is -0.115. The molecule has 2 amide bonds. The zero-order valence-corrected chi connectivity index (χ0v) is 14.1. The van der Waals surface area contributed by atoms with E-state index in [-0.39, 0.29) is 34.6 Å². The highest BCUT2D eigenvalue weighted by Crippen LogP contribution is 2.11. The molecule has 4 aromatic heterocycles. The molecule has 0 aliphatic heterocycles. The quantitative estimate of drug-likeness (QED) is 0.465. The van der Waals surface area contributed by atoms with E-state index in [0.29, 0.717) is 5.69 Å². The molecule has 0 saturated heterocycles. The predicted octanol–water partition coefficient (Wildman–Crippen LogP) is 0.385. The summed E-state index contributed by atoms with van der Waals surface area (Å²) in [6.07, 6.45) is 0.888. The number of carbonyl (C=O) groups excluding carboxylic acids is 2. The predicted molar refractivity (Wildman–Crippen MR) is 96.2 cm³/mol. The summed E-state index contributed by atoms with van der Waals surface area (Å²) in [5.41, 5.74) is 5.47. The highest BCUT2D eigenvalue weighted by molar-refractivity contribution is 5.93. The van der Waals surface area contributed by atoms with Crippen molar-refractivity contribution < 1.29 is 14.0 Å². The standard InChI is InChI=1S/C17H12FN7O3/c18-8-1-4-12(20-7-8)22-14(26)6-9-5-13-23-16-10(17(28)25(13)24-9)2-3-11(21-16)15(19)27/h1-5,7,24H,6H2,(H2,19,27)(H,20,22,26). The van der Waals surface area contributed by atoms with Gasteiger partial charge in [0.25, 0.3) is 11.5 Å². The molecule has 11 heteroatoms. The van der Waals surface area contributed by atoms with Crippen molar-refractivity contribution in [2.45, 2.75) is 6.42 Å². The third-order valence-corrected chi connectivity index (χ3v) is 3.92. The average Bonchev–Trinajstić information content (AvgIpc) is 3.05. The normalized spacial score (nSPS) is 11.0. The number of hydrogen-bond acceptors (Lipinski definition) is 6. The number of H-pyrrole nitrogens is 1. The third-order valence-electron chi connectivity index (χ3n) is 3.92. The Kier molecular flexibility index (Phi) is 4.03. The lowest BCUT2D eigenvalue weighted by atomic mass is 10.2. The summed E-state index contributed by atoms with van der Waals surface area (Å²) < 4.78 is 14.0. The smallest absolute Gasteiger partial charge is 0.282 e. The molecule has 0 aromatic carbocycles. The van der Waals surface area contributed by atoms with Gasteiger partial charge in [0.2, 0.25) is 5.91 Å². The first kappa shape index (κ1) is 17.3. The molecule has 0 spiro atoms. The van der Waals surface area contributed by atoms with Gasteiger partial charge in [-0.2, -0.15) is 0 Å². The van der Waals surface area contributed by atoms with Gasteiger partial charge in [-0.05, 0) is 24.3 Å². The van der Waals surface area contributed by atoms with E-state index in [1.165, 1.54) is 34.8 Å². The first-order valence-electron chi connectivity index (χ1n) is 8.03. The van der Waals surface area contributed by atoms with Crippen LogP contribution in [-0.2, 0) is 11.2 Å². The molecule has 4 N–H and O–H groups in total. The van der Waals surface area contributed by atoms with E-state index >= 15 is 0 Å². The van der Waals surface area contributed by atoms with E-state index in [1.807, 2.05) is 0 Å². The van der Waals surface area contributed by atoms with Crippen LogP contribution in [0.25, 0.3) is 16.7 Å². The fraction of sp³-hybridized carbons (Fsp3) is 0.0588. The summed E-state index contributed by atoms with van der Waals surface area (Å²) in [5.74, 6) is -1.46. The average molecular weight is 381 g/mol. The number of carbonyl (C=O) groups is 2. The number of aromatic nitrogens is 5. The van der Waals surface area contributed by atoms with Crippen molar-refractivity contribution in [1.82, 2.24) is 24.6 Å². The van der Waals surface area contributed by atoms with Gasteiger partial charge in [-0.15, -0.1) is 0 Å². The maximum absolute atomic E-state index is 12.9. The molecule has 0 radical (unpaired) electrons. The van der Waals surface area contributed by atoms with Crippen molar-refractivity contribution >= 4 is 34.3 Å². The lowest BCUT2D eigenvalue weighted by Crippen LogP contribution is -2.19. The number of pyridine rings is 2. The first-order chi connectivity index (χ1) is 13.4. The van der Waals surface area contributed by atoms with Crippen LogP contribution in [-0.4, -0.2) is 36.4 Å². The first-order valence-corrected chi connectivity index (χ1v) is 8.03. The summed E-state index contributed by atoms with van der Waals surface area (Å²) in [7, 11) is 0. The molecule has 0 aliphatic rings. The minimum atomic E-state index is -0.732. The minimum absolute atomic E-state index is 0.00863. The van der Waals surface area contributed by atoms with Crippen molar-refractivity contribution in [2.24, 2.45) is 5.73 Å². The SMILES string of the molecule is NC(=O)c1ccc2c(=O)n3[nH]c(CC(=O)Nc4ccc(F)cn4)cc3nc2n1. The van der Waals surface area contributed by atoms with Crippen molar-refractivity contribution in [1.29, 1.82) is 0 Å². The Morgan fingerprint density at radius 2 is 2.04 bits per heavy atom. The van der Waals surface area contributed by atoms with Crippen LogP contribution in [0.2, 0.25) is 0 Å². The van der Waals surface area contributed by atoms with Crippen molar-refractivity contribution in [3.05, 3.63) is 64.1 Å². The van der Waals surface area contributed by atoms with Gasteiger partial charge in [0.1, 0.15) is 17.3 Å². The van der Waals surface area contributed by atoms with E-state index in [9.17, 15) is 18.8 Å². The van der Waals surface area contributed by atoms with Crippen LogP contribution in [0.5, 0.6) is 0 Å². The summed E-state index contributed by atoms with van der Waals surface area (Å²) in [5, 5.41) is 5.51. The number of rotatable bonds is 4. The molecule has 4 rings (SSSR count). The molecule has 0 aliphatic carbocycles. The van der Waals surface area contributed by atoms with Crippen molar-refractivity contribution in [3.8, 4) is 0 Å². The van der Waals surface area contributed by atoms with Crippen LogP contribution in [0.4, 0.5) is 10.2 Å². The maximum atomic E-state index is 12.9. The number of nitrogens with two attached hydrogens (primary N) is 1. The van der Waals surface area contributed by atoms with Gasteiger partial charge in [-0.1, -0.05) is 0 Å². The Bertz CT molecular complexity index is 1290. The van der Waals surface area contributed by atoms with E-state index < -0.39 is 23.2 Å². The number of aromatic amines is 1. The number of hydrogen-bond donors (Lipinski definition) is 3. The van der Waals surface area contributed by atoms with Gasteiger partial charge in [0.05, 0.1) is 18.0 Å². The number of nitrogens with one attached hydrogen (secondary N) is 2. The number of halogens is 1. The highest BCUT2D eigenvalue weighted by atomic mass is 19.1. The molecule has 28 heavy (non-hydrogen) atoms. The molecule has 0 bridgehead atoms. The molecule has 4 heterocycles. The molecule has 0 atom stereocenters. The van der Waals surface area contributed by atoms with Gasteiger partial charge in [-0.25, -0.2) is 23.9 Å². The second-order valence-electron chi connectivity index (χ2n) is 5.91. The number of primary amides is 1. The zero-order valence-electron chi connectivity index (χ0n) is 14.1. The summed E-state index contributed by atoms with van der Waals surface area (Å²) in [6.45, 7) is 0. The molecular formula is C17H12FN7O3. The minimum Gasteiger partial charge on any atom is -0.364 e. The fourth-order valence-electron chi connectivity index (χ4n) is 2.66. The Balaban J connectivity index is 1.65. The number of anilines is 1. The van der Waals surface area contributed by atoms with Gasteiger partial charge in [0.15, 0.2) is 11.3 Å². The molecular weight excluding hydrogens is 369 g/mol. The third kappa shape index (κ3) is 3.16. The fourth-order valence-corrected chi connectivity index (χ4v) is 2.66. The summed E-state index contributed by atoms with van der Waals surface area (Å²) in [4.78, 5) is 47.9. The Morgan fingerprint density at radius 1 is 1.21 bits per heavy atom.